The first kappa shape index (κ1) is 78.8. The molecule has 10 atom stereocenters. The quantitative estimate of drug-likeness (QED) is 0.0125. The van der Waals surface area contributed by atoms with Gasteiger partial charge < -0.3 is 120 Å². The number of likely N-dealkylation sites (tertiary alicyclic amines) is 1. The summed E-state index contributed by atoms with van der Waals surface area (Å²) in [6.07, 6.45) is 6.56. The largest absolute Gasteiger partial charge is 0.389 e. The second kappa shape index (κ2) is 45.0. The molecule has 2 rings (SSSR count). The third-order valence-electron chi connectivity index (χ3n) is 14.8. The molecule has 1 saturated heterocycles. The Balaban J connectivity index is 2.35. The Hall–Kier alpha value is -7.28. The molecule has 0 spiro atoms. The van der Waals surface area contributed by atoms with E-state index in [9.17, 15) is 58.2 Å². The molecule has 2 heterocycles. The number of carbonyl (C=O) groups is 10. The number of carbonyl (C=O) groups excluding carboxylic acids is 10. The number of aromatic amines is 1. The van der Waals surface area contributed by atoms with Gasteiger partial charge in [0.1, 0.15) is 36.3 Å². The van der Waals surface area contributed by atoms with E-state index in [4.69, 9.17) is 57.3 Å². The summed E-state index contributed by atoms with van der Waals surface area (Å²) in [5.41, 5.74) is 57.4. The number of hydrogen-bond donors (Lipinski definition) is 21. The molecule has 0 aliphatic carbocycles. The molecule has 31 N–H and O–H groups in total. The highest BCUT2D eigenvalue weighted by atomic mass is 16.3. The van der Waals surface area contributed by atoms with Crippen molar-refractivity contribution in [2.75, 3.05) is 72.0 Å². The average Bonchev–Trinajstić information content (AvgIpc) is 1.70. The molecule has 34 heteroatoms. The van der Waals surface area contributed by atoms with Crippen molar-refractivity contribution in [3.63, 3.8) is 0 Å². The lowest BCUT2D eigenvalue weighted by Crippen LogP contribution is -2.63. The maximum Gasteiger partial charge on any atom is 0.247 e. The van der Waals surface area contributed by atoms with Crippen molar-refractivity contribution in [3.05, 3.63) is 29.9 Å². The van der Waals surface area contributed by atoms with Crippen molar-refractivity contribution in [1.82, 2.24) is 57.4 Å². The Morgan fingerprint density at radius 2 is 1.22 bits per heavy atom. The van der Waals surface area contributed by atoms with Crippen LogP contribution in [0.15, 0.2) is 29.2 Å². The Morgan fingerprint density at radius 3 is 1.82 bits per heavy atom. The molecular weight excluding hydrogens is 1170 g/mol. The fourth-order valence-corrected chi connectivity index (χ4v) is 9.66. The number of aliphatic hydroxyl groups excluding tert-OH is 2. The first-order valence-electron chi connectivity index (χ1n) is 31.1. The van der Waals surface area contributed by atoms with E-state index in [2.05, 4.69) is 57.5 Å². The smallest absolute Gasteiger partial charge is 0.247 e. The number of nitrogens with two attached hydrogens (primary N) is 10. The zero-order valence-electron chi connectivity index (χ0n) is 51.8. The summed E-state index contributed by atoms with van der Waals surface area (Å²) in [6.45, 7) is 0.248. The van der Waals surface area contributed by atoms with Gasteiger partial charge in [-0.2, -0.15) is 0 Å². The third kappa shape index (κ3) is 29.6. The zero-order chi connectivity index (χ0) is 67.0. The molecule has 0 radical (unpaired) electrons. The van der Waals surface area contributed by atoms with Crippen molar-refractivity contribution in [2.45, 2.75) is 183 Å². The number of Topliss-reactive ketones (excluding diaryl/α,β-unsaturated/α-hetero) is 1. The lowest BCUT2D eigenvalue weighted by atomic mass is 9.97. The molecule has 1 aromatic heterocycles. The van der Waals surface area contributed by atoms with Crippen LogP contribution in [0.3, 0.4) is 0 Å². The fourth-order valence-electron chi connectivity index (χ4n) is 9.66. The number of aromatic nitrogens is 2. The second-order valence-corrected chi connectivity index (χ2v) is 22.0. The highest BCUT2D eigenvalue weighted by Crippen LogP contribution is 2.21. The van der Waals surface area contributed by atoms with Gasteiger partial charge in [0.15, 0.2) is 11.7 Å². The summed E-state index contributed by atoms with van der Waals surface area (Å²) < 4.78 is 0. The summed E-state index contributed by atoms with van der Waals surface area (Å²) in [5, 5.41) is 42.0. The minimum absolute atomic E-state index is 0.00902. The van der Waals surface area contributed by atoms with Gasteiger partial charge >= 0.3 is 0 Å². The Morgan fingerprint density at radius 1 is 0.633 bits per heavy atom. The number of hydrogen-bond acceptors (Lipinski definition) is 22. The van der Waals surface area contributed by atoms with E-state index >= 15 is 0 Å². The number of nitrogens with zero attached hydrogens (tertiary/aromatic N) is 3. The van der Waals surface area contributed by atoms with Crippen LogP contribution in [0.2, 0.25) is 0 Å². The van der Waals surface area contributed by atoms with Crippen molar-refractivity contribution < 1.29 is 58.2 Å². The van der Waals surface area contributed by atoms with E-state index in [1.165, 1.54) is 17.4 Å². The van der Waals surface area contributed by atoms with E-state index < -0.39 is 133 Å². The fraction of sp³-hybridized carbons (Fsp3) is 0.714. The molecule has 0 aromatic carbocycles. The normalized spacial score (nSPS) is 16.1. The molecule has 1 aliphatic rings. The molecule has 510 valence electrons. The molecule has 90 heavy (non-hydrogen) atoms. The number of ketones is 1. The summed E-state index contributed by atoms with van der Waals surface area (Å²) in [4.78, 5) is 151. The minimum Gasteiger partial charge on any atom is -0.389 e. The van der Waals surface area contributed by atoms with Gasteiger partial charge in [-0.25, -0.2) is 4.98 Å². The standard InChI is InChI=1S/C56H104N22O12/c57-20-4-1-13-36(64)49(84)76-47(44(81)30-63)54(89)77-46(43(80)29-62)53(88)70-32-45(82)72-39(16-9-24-61)55(90)78-27-11-17-41(78)52(87)75-40(28-35-31-67-33-71-35)51(86)73-37(14-2-5-21-58)42(79)19-18-34(12-10-26-69-56(65)66)48(83)74-38(15-3-6-22-59)50(85)68-25-8-7-23-60/h12,31,33,36-41,43-44,46-47,80-81H,1-11,13-30,32,57-64H2,(H,67,71)(H,68,85)(H,70,88)(H,72,82)(H,73,86)(H,74,83)(H,75,87)(H,76,84)(H,77,89)(H4,65,66,69)/b34-12+/t36-,37-,38-,39+,40-,41-,43-,44-,46-,47-/m0/s1. The predicted molar refractivity (Wildman–Crippen MR) is 336 cm³/mol. The highest BCUT2D eigenvalue weighted by Gasteiger charge is 2.40. The van der Waals surface area contributed by atoms with Gasteiger partial charge in [-0.15, -0.1) is 0 Å². The van der Waals surface area contributed by atoms with Crippen LogP contribution in [0.1, 0.15) is 121 Å². The zero-order valence-corrected chi connectivity index (χ0v) is 51.8. The number of nitrogens with one attached hydrogen (secondary N) is 9. The molecular formula is C56H104N22O12. The number of H-pyrrole nitrogens is 1. The summed E-state index contributed by atoms with van der Waals surface area (Å²) in [6, 6.07) is -10.5. The Bertz CT molecular complexity index is 2430. The molecule has 0 unspecified atom stereocenters. The predicted octanol–water partition coefficient (Wildman–Crippen LogP) is -8.15. The number of unbranched alkanes of at least 4 members (excludes halogenated alkanes) is 4. The number of aliphatic hydroxyl groups is 2. The van der Waals surface area contributed by atoms with Gasteiger partial charge in [-0.05, 0) is 135 Å². The molecule has 0 bridgehead atoms. The summed E-state index contributed by atoms with van der Waals surface area (Å²) in [7, 11) is 0. The van der Waals surface area contributed by atoms with Crippen LogP contribution in [0.5, 0.6) is 0 Å². The van der Waals surface area contributed by atoms with E-state index in [1.54, 1.807) is 6.08 Å². The maximum atomic E-state index is 14.5. The topological polar surface area (TPSA) is 612 Å². The van der Waals surface area contributed by atoms with E-state index in [0.29, 0.717) is 96.1 Å². The van der Waals surface area contributed by atoms with Crippen LogP contribution in [-0.2, 0) is 54.4 Å². The minimum atomic E-state index is -1.83. The van der Waals surface area contributed by atoms with Crippen LogP contribution in [0, 0.1) is 0 Å². The van der Waals surface area contributed by atoms with Gasteiger partial charge in [0.05, 0.1) is 37.2 Å². The van der Waals surface area contributed by atoms with Gasteiger partial charge in [0.2, 0.25) is 53.2 Å². The van der Waals surface area contributed by atoms with Crippen LogP contribution in [-0.4, -0.2) is 223 Å². The third-order valence-corrected chi connectivity index (χ3v) is 14.8. The number of imidazole rings is 1. The molecule has 1 aromatic rings. The monoisotopic (exact) mass is 1280 g/mol. The Kier molecular flexibility index (Phi) is 39.4. The SMILES string of the molecule is NCCCCNC(=O)[C@H](CCCCN)NC(=O)/C(=C/CCN=C(N)N)CCC(=O)[C@H](CCCCN)NC(=O)[C@H](Cc1cnc[nH]1)NC(=O)[C@@H]1CCCN1C(=O)[C@@H](CCCN)NC(=O)CNC(=O)[C@@H](NC(=O)[C@@H](NC(=O)[C@@H](N)CCCCN)[C@@H](O)CN)[C@@H](O)CN. The molecule has 9 amide bonds. The van der Waals surface area contributed by atoms with Gasteiger partial charge in [-0.3, -0.25) is 52.9 Å². The van der Waals surface area contributed by atoms with Crippen molar-refractivity contribution in [1.29, 1.82) is 0 Å². The summed E-state index contributed by atoms with van der Waals surface area (Å²) >= 11 is 0. The maximum absolute atomic E-state index is 14.5. The van der Waals surface area contributed by atoms with Crippen LogP contribution in [0.4, 0.5) is 0 Å². The van der Waals surface area contributed by atoms with Crippen molar-refractivity contribution >= 4 is 64.9 Å². The number of aliphatic imine (C=N–C) groups is 1. The number of amides is 9. The lowest BCUT2D eigenvalue weighted by Gasteiger charge is -2.30. The van der Waals surface area contributed by atoms with E-state index in [-0.39, 0.29) is 101 Å². The van der Waals surface area contributed by atoms with Crippen LogP contribution in [0.25, 0.3) is 0 Å². The average molecular weight is 1280 g/mol. The van der Waals surface area contributed by atoms with Crippen molar-refractivity contribution in [3.8, 4) is 0 Å². The summed E-state index contributed by atoms with van der Waals surface area (Å²) in [5.74, 6) is -7.73. The van der Waals surface area contributed by atoms with Gasteiger partial charge in [-0.1, -0.05) is 12.5 Å². The van der Waals surface area contributed by atoms with E-state index in [1.807, 2.05) is 0 Å². The second-order valence-electron chi connectivity index (χ2n) is 22.0. The molecule has 34 nitrogen and oxygen atoms in total. The van der Waals surface area contributed by atoms with Gasteiger partial charge in [0, 0.05) is 63.0 Å². The van der Waals surface area contributed by atoms with Crippen LogP contribution >= 0.6 is 0 Å². The number of guanidine groups is 1. The first-order valence-corrected chi connectivity index (χ1v) is 31.1. The molecule has 1 aliphatic heterocycles. The molecule has 0 saturated carbocycles. The van der Waals surface area contributed by atoms with Crippen LogP contribution < -0.4 is 99.9 Å². The molecule has 1 fully saturated rings. The lowest BCUT2D eigenvalue weighted by molar-refractivity contribution is -0.142. The van der Waals surface area contributed by atoms with Gasteiger partial charge in [0.25, 0.3) is 0 Å². The first-order chi connectivity index (χ1) is 43.1. The highest BCUT2D eigenvalue weighted by molar-refractivity contribution is 5.99. The number of rotatable bonds is 48. The van der Waals surface area contributed by atoms with Crippen molar-refractivity contribution in [2.24, 2.45) is 62.3 Å². The van der Waals surface area contributed by atoms with E-state index in [0.717, 1.165) is 0 Å². The Labute approximate surface area is 525 Å².